The van der Waals surface area contributed by atoms with Gasteiger partial charge in [-0.2, -0.15) is 0 Å². The third kappa shape index (κ3) is 3.38. The van der Waals surface area contributed by atoms with Gasteiger partial charge in [-0.3, -0.25) is 4.79 Å². The maximum Gasteiger partial charge on any atom is 0.221 e. The van der Waals surface area contributed by atoms with Crippen molar-refractivity contribution in [1.82, 2.24) is 10.3 Å². The van der Waals surface area contributed by atoms with E-state index in [-0.39, 0.29) is 17.5 Å². The number of rotatable bonds is 5. The number of hydrogen-bond acceptors (Lipinski definition) is 4. The molecule has 0 radical (unpaired) electrons. The summed E-state index contributed by atoms with van der Waals surface area (Å²) in [6.45, 7) is 6.12. The quantitative estimate of drug-likeness (QED) is 0.877. The second kappa shape index (κ2) is 6.22. The molecule has 1 amide bonds. The Morgan fingerprint density at radius 1 is 1.60 bits per heavy atom. The highest BCUT2D eigenvalue weighted by atomic mass is 32.1. The minimum absolute atomic E-state index is 0.101. The van der Waals surface area contributed by atoms with E-state index in [4.69, 9.17) is 5.73 Å². The van der Waals surface area contributed by atoms with Gasteiger partial charge in [0.2, 0.25) is 5.91 Å². The SMILES string of the molecule is CCC(C)(NC(=O)C[C@@H]1CCC[C@H]1N)c1nc(C)cs1. The Hall–Kier alpha value is -0.940. The van der Waals surface area contributed by atoms with Crippen LogP contribution in [0.3, 0.4) is 0 Å². The lowest BCUT2D eigenvalue weighted by Gasteiger charge is -2.28. The predicted molar refractivity (Wildman–Crippen MR) is 82.6 cm³/mol. The topological polar surface area (TPSA) is 68.0 Å². The van der Waals surface area contributed by atoms with Gasteiger partial charge in [-0.1, -0.05) is 13.3 Å². The average Bonchev–Trinajstić information content (AvgIpc) is 2.99. The lowest BCUT2D eigenvalue weighted by atomic mass is 9.96. The van der Waals surface area contributed by atoms with E-state index in [2.05, 4.69) is 24.1 Å². The normalized spacial score (nSPS) is 25.4. The zero-order valence-corrected chi connectivity index (χ0v) is 13.4. The summed E-state index contributed by atoms with van der Waals surface area (Å²) in [6, 6.07) is 0.190. The van der Waals surface area contributed by atoms with Gasteiger partial charge in [-0.15, -0.1) is 11.3 Å². The Bertz CT molecular complexity index is 473. The first-order valence-corrected chi connectivity index (χ1v) is 8.32. The molecular weight excluding hydrogens is 270 g/mol. The van der Waals surface area contributed by atoms with Crippen molar-refractivity contribution in [2.24, 2.45) is 11.7 Å². The number of aryl methyl sites for hydroxylation is 1. The Kier molecular flexibility index (Phi) is 4.81. The van der Waals surface area contributed by atoms with Gasteiger partial charge in [0, 0.05) is 23.5 Å². The van der Waals surface area contributed by atoms with Crippen LogP contribution in [0.5, 0.6) is 0 Å². The van der Waals surface area contributed by atoms with Crippen LogP contribution < -0.4 is 11.1 Å². The number of thiazole rings is 1. The lowest BCUT2D eigenvalue weighted by molar-refractivity contribution is -0.124. The first-order chi connectivity index (χ1) is 9.44. The molecule has 3 atom stereocenters. The van der Waals surface area contributed by atoms with Crippen LogP contribution in [0.1, 0.15) is 56.7 Å². The van der Waals surface area contributed by atoms with Crippen LogP contribution in [0.2, 0.25) is 0 Å². The van der Waals surface area contributed by atoms with Crippen molar-refractivity contribution in [3.05, 3.63) is 16.1 Å². The average molecular weight is 295 g/mol. The standard InChI is InChI=1S/C15H25N3OS/c1-4-15(3,14-17-10(2)9-20-14)18-13(19)8-11-6-5-7-12(11)16/h9,11-12H,4-8,16H2,1-3H3,(H,18,19)/t11-,12+,15?/m0/s1. The highest BCUT2D eigenvalue weighted by Crippen LogP contribution is 2.30. The molecular formula is C15H25N3OS. The minimum Gasteiger partial charge on any atom is -0.344 e. The third-order valence-corrected chi connectivity index (χ3v) is 5.60. The fraction of sp³-hybridized carbons (Fsp3) is 0.733. The molecule has 0 spiro atoms. The van der Waals surface area contributed by atoms with E-state index < -0.39 is 0 Å². The Balaban J connectivity index is 2.00. The van der Waals surface area contributed by atoms with Gasteiger partial charge in [0.1, 0.15) is 5.01 Å². The number of nitrogens with two attached hydrogens (primary N) is 1. The largest absolute Gasteiger partial charge is 0.344 e. The molecule has 1 unspecified atom stereocenters. The predicted octanol–water partition coefficient (Wildman–Crippen LogP) is 2.71. The molecule has 1 aliphatic carbocycles. The first kappa shape index (κ1) is 15.4. The molecule has 112 valence electrons. The van der Waals surface area contributed by atoms with E-state index in [1.54, 1.807) is 11.3 Å². The summed E-state index contributed by atoms with van der Waals surface area (Å²) < 4.78 is 0. The van der Waals surface area contributed by atoms with Crippen molar-refractivity contribution in [3.63, 3.8) is 0 Å². The second-order valence-corrected chi connectivity index (χ2v) is 6.94. The smallest absolute Gasteiger partial charge is 0.221 e. The van der Waals surface area contributed by atoms with Gasteiger partial charge in [-0.05, 0) is 39.0 Å². The van der Waals surface area contributed by atoms with E-state index in [1.807, 2.05) is 12.3 Å². The number of nitrogens with zero attached hydrogens (tertiary/aromatic N) is 1. The third-order valence-electron chi connectivity index (χ3n) is 4.38. The highest BCUT2D eigenvalue weighted by molar-refractivity contribution is 7.09. The van der Waals surface area contributed by atoms with Gasteiger partial charge >= 0.3 is 0 Å². The fourth-order valence-corrected chi connectivity index (χ4v) is 3.80. The van der Waals surface area contributed by atoms with Crippen LogP contribution in [0.25, 0.3) is 0 Å². The Labute approximate surface area is 125 Å². The van der Waals surface area contributed by atoms with Gasteiger partial charge in [-0.25, -0.2) is 4.98 Å². The molecule has 4 nitrogen and oxygen atoms in total. The number of carbonyl (C=O) groups is 1. The van der Waals surface area contributed by atoms with Gasteiger partial charge in [0.25, 0.3) is 0 Å². The van der Waals surface area contributed by atoms with E-state index in [0.29, 0.717) is 12.3 Å². The molecule has 1 saturated carbocycles. The molecule has 3 N–H and O–H groups in total. The van der Waals surface area contributed by atoms with Gasteiger partial charge < -0.3 is 11.1 Å². The number of carbonyl (C=O) groups excluding carboxylic acids is 1. The van der Waals surface area contributed by atoms with Crippen molar-refractivity contribution in [3.8, 4) is 0 Å². The fourth-order valence-electron chi connectivity index (χ4n) is 2.82. The molecule has 20 heavy (non-hydrogen) atoms. The maximum atomic E-state index is 12.3. The number of hydrogen-bond donors (Lipinski definition) is 2. The summed E-state index contributed by atoms with van der Waals surface area (Å²) in [7, 11) is 0. The monoisotopic (exact) mass is 295 g/mol. The minimum atomic E-state index is -0.362. The number of aromatic nitrogens is 1. The zero-order valence-electron chi connectivity index (χ0n) is 12.6. The van der Waals surface area contributed by atoms with Crippen LogP contribution in [0.4, 0.5) is 0 Å². The summed E-state index contributed by atoms with van der Waals surface area (Å²) in [5.74, 6) is 0.443. The summed E-state index contributed by atoms with van der Waals surface area (Å²) in [5, 5.41) is 6.19. The summed E-state index contributed by atoms with van der Waals surface area (Å²) in [4.78, 5) is 16.8. The van der Waals surface area contributed by atoms with E-state index >= 15 is 0 Å². The summed E-state index contributed by atoms with van der Waals surface area (Å²) in [6.07, 6.45) is 4.65. The first-order valence-electron chi connectivity index (χ1n) is 7.44. The van der Waals surface area contributed by atoms with Gasteiger partial charge in [0.05, 0.1) is 5.54 Å². The van der Waals surface area contributed by atoms with Crippen LogP contribution >= 0.6 is 11.3 Å². The van der Waals surface area contributed by atoms with E-state index in [9.17, 15) is 4.79 Å². The molecule has 0 aromatic carbocycles. The molecule has 1 aromatic rings. The molecule has 5 heteroatoms. The molecule has 0 bridgehead atoms. The number of nitrogens with one attached hydrogen (secondary N) is 1. The number of amides is 1. The van der Waals surface area contributed by atoms with Crippen molar-refractivity contribution >= 4 is 17.2 Å². The molecule has 0 saturated heterocycles. The van der Waals surface area contributed by atoms with E-state index in [1.165, 1.54) is 0 Å². The van der Waals surface area contributed by atoms with Crippen molar-refractivity contribution in [2.75, 3.05) is 0 Å². The van der Waals surface area contributed by atoms with Crippen molar-refractivity contribution in [1.29, 1.82) is 0 Å². The Morgan fingerprint density at radius 3 is 2.85 bits per heavy atom. The molecule has 2 rings (SSSR count). The molecule has 1 aromatic heterocycles. The second-order valence-electron chi connectivity index (χ2n) is 6.09. The lowest BCUT2D eigenvalue weighted by Crippen LogP contribution is -2.44. The van der Waals surface area contributed by atoms with Crippen molar-refractivity contribution in [2.45, 2.75) is 64.5 Å². The van der Waals surface area contributed by atoms with Crippen LogP contribution in [0, 0.1) is 12.8 Å². The van der Waals surface area contributed by atoms with Crippen LogP contribution in [-0.4, -0.2) is 16.9 Å². The zero-order chi connectivity index (χ0) is 14.8. The summed E-state index contributed by atoms with van der Waals surface area (Å²) in [5.41, 5.74) is 6.70. The van der Waals surface area contributed by atoms with E-state index in [0.717, 1.165) is 36.4 Å². The summed E-state index contributed by atoms with van der Waals surface area (Å²) >= 11 is 1.62. The Morgan fingerprint density at radius 2 is 2.35 bits per heavy atom. The highest BCUT2D eigenvalue weighted by Gasteiger charge is 2.32. The van der Waals surface area contributed by atoms with Gasteiger partial charge in [0.15, 0.2) is 0 Å². The molecule has 1 fully saturated rings. The van der Waals surface area contributed by atoms with Crippen LogP contribution in [0.15, 0.2) is 5.38 Å². The molecule has 1 heterocycles. The van der Waals surface area contributed by atoms with Crippen LogP contribution in [-0.2, 0) is 10.3 Å². The van der Waals surface area contributed by atoms with Crippen molar-refractivity contribution < 1.29 is 4.79 Å². The molecule has 1 aliphatic rings. The molecule has 0 aliphatic heterocycles. The maximum absolute atomic E-state index is 12.3.